The summed E-state index contributed by atoms with van der Waals surface area (Å²) in [7, 11) is 0. The van der Waals surface area contributed by atoms with Crippen molar-refractivity contribution in [1.29, 1.82) is 0 Å². The van der Waals surface area contributed by atoms with E-state index in [1.807, 2.05) is 24.3 Å². The SMILES string of the molecule is CCCCCCCN1C(=O)/C(=C2\SC(=S)N(CCC(=O)OCC)C2=O)c2ccccc21. The predicted molar refractivity (Wildman–Crippen MR) is 128 cm³/mol. The standard InChI is InChI=1S/C23H28N2O4S2/c1-3-5-6-7-10-14-24-17-12-9-8-11-16(17)19(21(24)27)20-22(28)25(23(30)31-20)15-13-18(26)29-4-2/h8-9,11-12H,3-7,10,13-15H2,1-2H3/b20-19-. The summed E-state index contributed by atoms with van der Waals surface area (Å²) >= 11 is 6.52. The molecule has 0 atom stereocenters. The lowest BCUT2D eigenvalue weighted by atomic mass is 10.1. The van der Waals surface area contributed by atoms with E-state index >= 15 is 0 Å². The van der Waals surface area contributed by atoms with Crippen molar-refractivity contribution in [2.75, 3.05) is 24.6 Å². The fraction of sp³-hybridized carbons (Fsp3) is 0.478. The monoisotopic (exact) mass is 460 g/mol. The molecule has 2 amide bonds. The highest BCUT2D eigenvalue weighted by Gasteiger charge is 2.41. The molecule has 6 nitrogen and oxygen atoms in total. The van der Waals surface area contributed by atoms with Crippen molar-refractivity contribution >= 4 is 57.3 Å². The number of amides is 2. The van der Waals surface area contributed by atoms with Gasteiger partial charge in [-0.25, -0.2) is 0 Å². The van der Waals surface area contributed by atoms with Gasteiger partial charge in [0.25, 0.3) is 11.8 Å². The molecule has 0 radical (unpaired) electrons. The van der Waals surface area contributed by atoms with Gasteiger partial charge in [0.1, 0.15) is 4.32 Å². The first-order chi connectivity index (χ1) is 15.0. The van der Waals surface area contributed by atoms with Gasteiger partial charge in [0.15, 0.2) is 0 Å². The van der Waals surface area contributed by atoms with Gasteiger partial charge in [-0.15, -0.1) is 0 Å². The van der Waals surface area contributed by atoms with Gasteiger partial charge in [-0.05, 0) is 19.4 Å². The van der Waals surface area contributed by atoms with Gasteiger partial charge in [0.2, 0.25) is 0 Å². The normalized spacial score (nSPS) is 18.2. The number of carbonyl (C=O) groups excluding carboxylic acids is 3. The molecule has 1 fully saturated rings. The Kier molecular flexibility index (Phi) is 8.26. The number of hydrogen-bond donors (Lipinski definition) is 0. The molecule has 3 rings (SSSR count). The van der Waals surface area contributed by atoms with Crippen molar-refractivity contribution in [2.24, 2.45) is 0 Å². The molecular formula is C23H28N2O4S2. The third-order valence-electron chi connectivity index (χ3n) is 5.33. The molecule has 0 bridgehead atoms. The summed E-state index contributed by atoms with van der Waals surface area (Å²) in [5, 5.41) is 0. The maximum atomic E-state index is 13.3. The number of carbonyl (C=O) groups is 3. The van der Waals surface area contributed by atoms with Crippen LogP contribution in [0, 0.1) is 0 Å². The first kappa shape index (κ1) is 23.5. The lowest BCUT2D eigenvalue weighted by Crippen LogP contribution is -2.31. The van der Waals surface area contributed by atoms with Crippen LogP contribution in [0.25, 0.3) is 5.57 Å². The van der Waals surface area contributed by atoms with Crippen LogP contribution in [0.3, 0.4) is 0 Å². The van der Waals surface area contributed by atoms with Crippen LogP contribution in [0.2, 0.25) is 0 Å². The smallest absolute Gasteiger partial charge is 0.307 e. The number of esters is 1. The minimum absolute atomic E-state index is 0.0668. The third kappa shape index (κ3) is 5.18. The Hall–Kier alpha value is -2.19. The average molecular weight is 461 g/mol. The van der Waals surface area contributed by atoms with E-state index < -0.39 is 0 Å². The summed E-state index contributed by atoms with van der Waals surface area (Å²) < 4.78 is 5.30. The maximum Gasteiger partial charge on any atom is 0.307 e. The van der Waals surface area contributed by atoms with Crippen molar-refractivity contribution < 1.29 is 19.1 Å². The minimum atomic E-state index is -0.374. The molecule has 8 heteroatoms. The van der Waals surface area contributed by atoms with Crippen LogP contribution in [0.1, 0.15) is 57.9 Å². The lowest BCUT2D eigenvalue weighted by Gasteiger charge is -2.17. The van der Waals surface area contributed by atoms with Gasteiger partial charge < -0.3 is 9.64 Å². The van der Waals surface area contributed by atoms with Crippen LogP contribution in [-0.2, 0) is 19.1 Å². The fourth-order valence-electron chi connectivity index (χ4n) is 3.77. The molecule has 1 saturated heterocycles. The summed E-state index contributed by atoms with van der Waals surface area (Å²) in [6, 6.07) is 7.58. The average Bonchev–Trinajstić information content (AvgIpc) is 3.19. The quantitative estimate of drug-likeness (QED) is 0.221. The van der Waals surface area contributed by atoms with Crippen molar-refractivity contribution in [3.05, 3.63) is 34.7 Å². The van der Waals surface area contributed by atoms with Gasteiger partial charge in [-0.2, -0.15) is 0 Å². The van der Waals surface area contributed by atoms with Gasteiger partial charge in [0.05, 0.1) is 29.2 Å². The topological polar surface area (TPSA) is 66.9 Å². The van der Waals surface area contributed by atoms with E-state index in [0.717, 1.165) is 42.3 Å². The van der Waals surface area contributed by atoms with E-state index in [0.29, 0.717) is 28.0 Å². The number of hydrogen-bond acceptors (Lipinski definition) is 6. The summed E-state index contributed by atoms with van der Waals surface area (Å²) in [4.78, 5) is 41.7. The Morgan fingerprint density at radius 1 is 1.00 bits per heavy atom. The molecule has 2 heterocycles. The highest BCUT2D eigenvalue weighted by molar-refractivity contribution is 8.26. The number of para-hydroxylation sites is 1. The van der Waals surface area contributed by atoms with E-state index in [1.165, 1.54) is 17.7 Å². The van der Waals surface area contributed by atoms with E-state index in [-0.39, 0.29) is 30.7 Å². The van der Waals surface area contributed by atoms with Crippen LogP contribution in [0.15, 0.2) is 29.2 Å². The van der Waals surface area contributed by atoms with E-state index in [1.54, 1.807) is 11.8 Å². The molecule has 0 N–H and O–H groups in total. The van der Waals surface area contributed by atoms with Gasteiger partial charge in [-0.1, -0.05) is 74.8 Å². The highest BCUT2D eigenvalue weighted by atomic mass is 32.2. The van der Waals surface area contributed by atoms with Crippen molar-refractivity contribution in [3.63, 3.8) is 0 Å². The second kappa shape index (κ2) is 10.9. The molecule has 1 aromatic rings. The zero-order valence-electron chi connectivity index (χ0n) is 18.0. The van der Waals surface area contributed by atoms with Gasteiger partial charge >= 0.3 is 5.97 Å². The number of rotatable bonds is 10. The number of unbranched alkanes of at least 4 members (excludes halogenated alkanes) is 4. The summed E-state index contributed by atoms with van der Waals surface area (Å²) in [5.41, 5.74) is 2.03. The summed E-state index contributed by atoms with van der Waals surface area (Å²) in [6.45, 7) is 4.99. The number of anilines is 1. The van der Waals surface area contributed by atoms with Crippen LogP contribution in [0.4, 0.5) is 5.69 Å². The molecule has 2 aliphatic heterocycles. The van der Waals surface area contributed by atoms with E-state index in [4.69, 9.17) is 17.0 Å². The van der Waals surface area contributed by atoms with Crippen LogP contribution < -0.4 is 4.90 Å². The van der Waals surface area contributed by atoms with Crippen LogP contribution >= 0.6 is 24.0 Å². The molecule has 0 aromatic heterocycles. The molecule has 31 heavy (non-hydrogen) atoms. The van der Waals surface area contributed by atoms with E-state index in [9.17, 15) is 14.4 Å². The largest absolute Gasteiger partial charge is 0.466 e. The number of benzene rings is 1. The Balaban J connectivity index is 1.81. The number of ether oxygens (including phenoxy) is 1. The number of fused-ring (bicyclic) bond motifs is 1. The molecule has 2 aliphatic rings. The Morgan fingerprint density at radius 3 is 2.48 bits per heavy atom. The molecule has 0 spiro atoms. The fourth-order valence-corrected chi connectivity index (χ4v) is 5.15. The molecule has 1 aromatic carbocycles. The highest BCUT2D eigenvalue weighted by Crippen LogP contribution is 2.44. The summed E-state index contributed by atoms with van der Waals surface area (Å²) in [5.74, 6) is -0.842. The maximum absolute atomic E-state index is 13.3. The zero-order valence-corrected chi connectivity index (χ0v) is 19.7. The predicted octanol–water partition coefficient (Wildman–Crippen LogP) is 4.53. The Bertz CT molecular complexity index is 913. The molecule has 0 saturated carbocycles. The number of thioether (sulfide) groups is 1. The zero-order chi connectivity index (χ0) is 22.4. The first-order valence-corrected chi connectivity index (χ1v) is 12.1. The Labute approximate surface area is 193 Å². The van der Waals surface area contributed by atoms with Crippen LogP contribution in [0.5, 0.6) is 0 Å². The Morgan fingerprint density at radius 2 is 1.74 bits per heavy atom. The molecular weight excluding hydrogens is 432 g/mol. The number of thiocarbonyl (C=S) groups is 1. The second-order valence-corrected chi connectivity index (χ2v) is 9.12. The first-order valence-electron chi connectivity index (χ1n) is 10.8. The second-order valence-electron chi connectivity index (χ2n) is 7.47. The van der Waals surface area contributed by atoms with Gasteiger partial charge in [0, 0.05) is 18.7 Å². The van der Waals surface area contributed by atoms with Crippen molar-refractivity contribution in [3.8, 4) is 0 Å². The number of nitrogens with zero attached hydrogens (tertiary/aromatic N) is 2. The minimum Gasteiger partial charge on any atom is -0.466 e. The van der Waals surface area contributed by atoms with Gasteiger partial charge in [-0.3, -0.25) is 19.3 Å². The van der Waals surface area contributed by atoms with Crippen LogP contribution in [-0.4, -0.2) is 46.7 Å². The lowest BCUT2D eigenvalue weighted by molar-refractivity contribution is -0.143. The third-order valence-corrected chi connectivity index (χ3v) is 6.78. The van der Waals surface area contributed by atoms with E-state index in [2.05, 4.69) is 6.92 Å². The molecule has 0 unspecified atom stereocenters. The molecule has 0 aliphatic carbocycles. The van der Waals surface area contributed by atoms with Crippen molar-refractivity contribution in [1.82, 2.24) is 4.90 Å². The summed E-state index contributed by atoms with van der Waals surface area (Å²) in [6.07, 6.45) is 5.60. The molecule has 166 valence electrons. The van der Waals surface area contributed by atoms with Crippen molar-refractivity contribution in [2.45, 2.75) is 52.4 Å².